The highest BCUT2D eigenvalue weighted by Crippen LogP contribution is 2.26. The van der Waals surface area contributed by atoms with Crippen LogP contribution in [0.4, 0.5) is 0 Å². The first-order valence-corrected chi connectivity index (χ1v) is 8.35. The van der Waals surface area contributed by atoms with Crippen LogP contribution in [0.2, 0.25) is 0 Å². The molecule has 1 N–H and O–H groups in total. The van der Waals surface area contributed by atoms with E-state index < -0.39 is 11.4 Å². The second-order valence-electron chi connectivity index (χ2n) is 7.18. The Balaban J connectivity index is 2.96. The maximum absolute atomic E-state index is 12.3. The largest absolute Gasteiger partial charge is 0.598 e. The third-order valence-electron chi connectivity index (χ3n) is 3.22. The quantitative estimate of drug-likeness (QED) is 0.858. The Labute approximate surface area is 126 Å². The molecule has 0 fully saturated rings. The van der Waals surface area contributed by atoms with Gasteiger partial charge < -0.3 is 4.55 Å². The zero-order valence-corrected chi connectivity index (χ0v) is 14.6. The van der Waals surface area contributed by atoms with Crippen LogP contribution in [0.5, 0.6) is 0 Å². The van der Waals surface area contributed by atoms with Crippen LogP contribution in [-0.4, -0.2) is 14.3 Å². The van der Waals surface area contributed by atoms with Crippen molar-refractivity contribution in [3.05, 3.63) is 29.6 Å². The van der Waals surface area contributed by atoms with Crippen molar-refractivity contribution in [3.63, 3.8) is 0 Å². The number of aromatic nitrogens is 1. The second-order valence-corrected chi connectivity index (χ2v) is 9.18. The normalized spacial score (nSPS) is 16.0. The van der Waals surface area contributed by atoms with Crippen molar-refractivity contribution in [2.45, 2.75) is 71.1 Å². The van der Waals surface area contributed by atoms with E-state index >= 15 is 0 Å². The van der Waals surface area contributed by atoms with Gasteiger partial charge in [0.15, 0.2) is 0 Å². The van der Waals surface area contributed by atoms with Crippen molar-refractivity contribution >= 4 is 11.4 Å². The number of nitrogens with one attached hydrogen (secondary N) is 1. The maximum Gasteiger partial charge on any atom is 0.136 e. The molecule has 0 radical (unpaired) electrons. The molecule has 1 rings (SSSR count). The number of rotatable bonds is 4. The third kappa shape index (κ3) is 4.76. The van der Waals surface area contributed by atoms with E-state index in [0.717, 1.165) is 12.1 Å². The summed E-state index contributed by atoms with van der Waals surface area (Å²) in [4.78, 5) is 4.46. The van der Waals surface area contributed by atoms with Gasteiger partial charge in [0.1, 0.15) is 4.75 Å². The van der Waals surface area contributed by atoms with Crippen LogP contribution < -0.4 is 4.72 Å². The Morgan fingerprint density at radius 2 is 1.85 bits per heavy atom. The lowest BCUT2D eigenvalue weighted by atomic mass is 9.87. The summed E-state index contributed by atoms with van der Waals surface area (Å²) in [6, 6.07) is 4.20. The van der Waals surface area contributed by atoms with Crippen molar-refractivity contribution in [2.24, 2.45) is 0 Å². The summed E-state index contributed by atoms with van der Waals surface area (Å²) in [7, 11) is 0. The Kier molecular flexibility index (Phi) is 5.64. The minimum Gasteiger partial charge on any atom is -0.598 e. The van der Waals surface area contributed by atoms with E-state index in [9.17, 15) is 4.55 Å². The van der Waals surface area contributed by atoms with Gasteiger partial charge in [-0.1, -0.05) is 27.7 Å². The average Bonchev–Trinajstić information content (AvgIpc) is 2.33. The lowest BCUT2D eigenvalue weighted by Gasteiger charge is -2.28. The minimum absolute atomic E-state index is 0.0253. The van der Waals surface area contributed by atoms with E-state index in [2.05, 4.69) is 49.5 Å². The molecular weight excluding hydrogens is 268 g/mol. The lowest BCUT2D eigenvalue weighted by molar-refractivity contribution is 0.513. The summed E-state index contributed by atoms with van der Waals surface area (Å²) in [5.41, 5.74) is 2.32. The molecule has 2 unspecified atom stereocenters. The van der Waals surface area contributed by atoms with Crippen LogP contribution >= 0.6 is 0 Å². The predicted molar refractivity (Wildman–Crippen MR) is 87.0 cm³/mol. The molecule has 0 spiro atoms. The van der Waals surface area contributed by atoms with Gasteiger partial charge in [-0.3, -0.25) is 4.98 Å². The SMILES string of the molecule is CCC(N[S+]([O-])C(C)(C)C)c1cc(C(C)(C)C)ccn1. The summed E-state index contributed by atoms with van der Waals surface area (Å²) in [6.45, 7) is 14.6. The van der Waals surface area contributed by atoms with Gasteiger partial charge in [-0.25, -0.2) is 0 Å². The van der Waals surface area contributed by atoms with Crippen molar-refractivity contribution in [1.29, 1.82) is 0 Å². The van der Waals surface area contributed by atoms with E-state index in [-0.39, 0.29) is 16.2 Å². The van der Waals surface area contributed by atoms with E-state index in [0.29, 0.717) is 0 Å². The summed E-state index contributed by atoms with van der Waals surface area (Å²) in [6.07, 6.45) is 2.71. The van der Waals surface area contributed by atoms with Gasteiger partial charge >= 0.3 is 0 Å². The summed E-state index contributed by atoms with van der Waals surface area (Å²) in [5, 5.41) is 0. The molecule has 0 bridgehead atoms. The average molecular weight is 296 g/mol. The molecule has 4 heteroatoms. The lowest BCUT2D eigenvalue weighted by Crippen LogP contribution is -2.41. The fraction of sp³-hybridized carbons (Fsp3) is 0.688. The molecule has 0 saturated carbocycles. The molecule has 0 saturated heterocycles. The van der Waals surface area contributed by atoms with E-state index in [4.69, 9.17) is 0 Å². The second kappa shape index (κ2) is 6.46. The van der Waals surface area contributed by atoms with Crippen LogP contribution in [0, 0.1) is 0 Å². The number of hydrogen-bond acceptors (Lipinski definition) is 3. The van der Waals surface area contributed by atoms with Gasteiger partial charge in [0, 0.05) is 17.6 Å². The Bertz CT molecular complexity index is 435. The van der Waals surface area contributed by atoms with Crippen molar-refractivity contribution in [3.8, 4) is 0 Å². The van der Waals surface area contributed by atoms with Crippen LogP contribution in [0.1, 0.15) is 72.2 Å². The molecule has 2 atom stereocenters. The minimum atomic E-state index is -1.09. The van der Waals surface area contributed by atoms with E-state index in [1.165, 1.54) is 5.56 Å². The maximum atomic E-state index is 12.3. The zero-order chi connectivity index (χ0) is 15.6. The molecule has 1 aromatic rings. The van der Waals surface area contributed by atoms with Crippen LogP contribution in [-0.2, 0) is 16.8 Å². The first-order valence-electron chi connectivity index (χ1n) is 7.20. The van der Waals surface area contributed by atoms with Crippen LogP contribution in [0.3, 0.4) is 0 Å². The molecular formula is C16H28N2OS. The monoisotopic (exact) mass is 296 g/mol. The summed E-state index contributed by atoms with van der Waals surface area (Å²) >= 11 is -1.09. The zero-order valence-electron chi connectivity index (χ0n) is 13.8. The summed E-state index contributed by atoms with van der Waals surface area (Å²) < 4.78 is 15.2. The molecule has 0 aromatic carbocycles. The molecule has 0 aliphatic carbocycles. The standard InChI is InChI=1S/C16H28N2OS/c1-8-13(18-20(19)16(5,6)7)14-11-12(9-10-17-14)15(2,3)4/h9-11,13,18H,8H2,1-7H3. The number of nitrogens with zero attached hydrogens (tertiary/aromatic N) is 1. The van der Waals surface area contributed by atoms with Gasteiger partial charge in [-0.15, -0.1) is 4.72 Å². The third-order valence-corrected chi connectivity index (χ3v) is 4.83. The first-order chi connectivity index (χ1) is 9.05. The van der Waals surface area contributed by atoms with E-state index in [1.54, 1.807) is 0 Å². The van der Waals surface area contributed by atoms with Crippen molar-refractivity contribution in [2.75, 3.05) is 0 Å². The fourth-order valence-electron chi connectivity index (χ4n) is 1.76. The highest BCUT2D eigenvalue weighted by Gasteiger charge is 2.30. The molecule has 1 heterocycles. The van der Waals surface area contributed by atoms with Gasteiger partial charge in [0.2, 0.25) is 0 Å². The molecule has 114 valence electrons. The molecule has 20 heavy (non-hydrogen) atoms. The van der Waals surface area contributed by atoms with Crippen molar-refractivity contribution in [1.82, 2.24) is 9.71 Å². The van der Waals surface area contributed by atoms with Gasteiger partial charge in [0.05, 0.1) is 11.7 Å². The van der Waals surface area contributed by atoms with Gasteiger partial charge in [-0.05, 0) is 50.3 Å². The molecule has 3 nitrogen and oxygen atoms in total. The van der Waals surface area contributed by atoms with E-state index in [1.807, 2.05) is 27.0 Å². The number of hydrogen-bond donors (Lipinski definition) is 1. The predicted octanol–water partition coefficient (Wildman–Crippen LogP) is 3.88. The highest BCUT2D eigenvalue weighted by atomic mass is 32.2. The fourth-order valence-corrected chi connectivity index (χ4v) is 2.66. The molecule has 0 aliphatic rings. The highest BCUT2D eigenvalue weighted by molar-refractivity contribution is 7.90. The van der Waals surface area contributed by atoms with Crippen LogP contribution in [0.25, 0.3) is 0 Å². The first kappa shape index (κ1) is 17.5. The molecule has 0 amide bonds. The van der Waals surface area contributed by atoms with Gasteiger partial charge in [0.25, 0.3) is 0 Å². The molecule has 1 aromatic heterocycles. The Morgan fingerprint density at radius 3 is 2.30 bits per heavy atom. The Hall–Kier alpha value is -0.580. The van der Waals surface area contributed by atoms with Crippen LogP contribution in [0.15, 0.2) is 18.3 Å². The van der Waals surface area contributed by atoms with Gasteiger partial charge in [-0.2, -0.15) is 0 Å². The topological polar surface area (TPSA) is 48.0 Å². The smallest absolute Gasteiger partial charge is 0.136 e. The Morgan fingerprint density at radius 1 is 1.25 bits per heavy atom. The number of pyridine rings is 1. The van der Waals surface area contributed by atoms with Crippen molar-refractivity contribution < 1.29 is 4.55 Å². The summed E-state index contributed by atoms with van der Waals surface area (Å²) in [5.74, 6) is 0. The molecule has 0 aliphatic heterocycles.